The van der Waals surface area contributed by atoms with Gasteiger partial charge in [-0.25, -0.2) is 4.98 Å². The molecule has 0 amide bonds. The van der Waals surface area contributed by atoms with Crippen LogP contribution in [0.4, 0.5) is 0 Å². The minimum atomic E-state index is 0.649. The van der Waals surface area contributed by atoms with Gasteiger partial charge < -0.3 is 4.57 Å². The topological polar surface area (TPSA) is 43.6 Å². The summed E-state index contributed by atoms with van der Waals surface area (Å²) in [5, 5.41) is 12.9. The van der Waals surface area contributed by atoms with E-state index in [1.165, 1.54) is 55.6 Å². The van der Waals surface area contributed by atoms with E-state index >= 15 is 0 Å². The van der Waals surface area contributed by atoms with Gasteiger partial charge in [-0.1, -0.05) is 31.0 Å². The van der Waals surface area contributed by atoms with Crippen molar-refractivity contribution in [1.82, 2.24) is 19.7 Å². The van der Waals surface area contributed by atoms with E-state index in [0.29, 0.717) is 6.04 Å². The summed E-state index contributed by atoms with van der Waals surface area (Å²) < 4.78 is 2.22. The second-order valence-electron chi connectivity index (χ2n) is 6.05. The van der Waals surface area contributed by atoms with Gasteiger partial charge in [-0.3, -0.25) is 0 Å². The molecule has 6 heteroatoms. The Bertz CT molecular complexity index is 596. The number of hydrogen-bond acceptors (Lipinski definition) is 5. The zero-order valence-electron chi connectivity index (χ0n) is 12.1. The van der Waals surface area contributed by atoms with Gasteiger partial charge in [0, 0.05) is 23.1 Å². The highest BCUT2D eigenvalue weighted by atomic mass is 32.2. The van der Waals surface area contributed by atoms with Crippen LogP contribution in [0.2, 0.25) is 0 Å². The predicted molar refractivity (Wildman–Crippen MR) is 85.8 cm³/mol. The Morgan fingerprint density at radius 1 is 1.19 bits per heavy atom. The smallest absolute Gasteiger partial charge is 0.191 e. The Labute approximate surface area is 133 Å². The van der Waals surface area contributed by atoms with Crippen molar-refractivity contribution in [3.63, 3.8) is 0 Å². The summed E-state index contributed by atoms with van der Waals surface area (Å²) in [4.78, 5) is 4.86. The first-order valence-electron chi connectivity index (χ1n) is 7.87. The molecule has 0 aromatic carbocycles. The molecule has 4 rings (SSSR count). The molecule has 0 unspecified atom stereocenters. The number of hydrogen-bond donors (Lipinski definition) is 0. The van der Waals surface area contributed by atoms with Crippen LogP contribution >= 0.6 is 23.1 Å². The normalized spacial score (nSPS) is 20.0. The highest BCUT2D eigenvalue weighted by molar-refractivity contribution is 7.98. The van der Waals surface area contributed by atoms with E-state index in [9.17, 15) is 0 Å². The molecule has 2 aromatic rings. The lowest BCUT2D eigenvalue weighted by atomic mass is 9.90. The maximum atomic E-state index is 4.86. The predicted octanol–water partition coefficient (Wildman–Crippen LogP) is 4.41. The summed E-state index contributed by atoms with van der Waals surface area (Å²) >= 11 is 3.62. The molecule has 112 valence electrons. The van der Waals surface area contributed by atoms with Crippen LogP contribution in [0.25, 0.3) is 0 Å². The minimum absolute atomic E-state index is 0.649. The molecule has 2 aliphatic carbocycles. The number of rotatable bonds is 5. The standard InChI is InChI=1S/C15H20N4S2/c1-2-4-11(5-3-1)14-17-12(8-20-14)9-21-15-18-16-10-19(15)13-6-7-13/h8,10-11,13H,1-7,9H2. The fourth-order valence-corrected chi connectivity index (χ4v) is 4.97. The molecule has 0 N–H and O–H groups in total. The fraction of sp³-hybridized carbons (Fsp3) is 0.667. The molecule has 2 saturated carbocycles. The van der Waals surface area contributed by atoms with E-state index in [1.54, 1.807) is 11.8 Å². The van der Waals surface area contributed by atoms with Crippen LogP contribution in [0, 0.1) is 0 Å². The van der Waals surface area contributed by atoms with Crippen LogP contribution in [0.5, 0.6) is 0 Å². The Morgan fingerprint density at radius 3 is 2.86 bits per heavy atom. The Balaban J connectivity index is 1.38. The zero-order valence-corrected chi connectivity index (χ0v) is 13.7. The van der Waals surface area contributed by atoms with Crippen molar-refractivity contribution in [1.29, 1.82) is 0 Å². The molecule has 0 saturated heterocycles. The third-order valence-corrected chi connectivity index (χ3v) is 6.40. The summed E-state index contributed by atoms with van der Waals surface area (Å²) in [6.07, 6.45) is 11.2. The quantitative estimate of drug-likeness (QED) is 0.765. The third kappa shape index (κ3) is 3.16. The summed E-state index contributed by atoms with van der Waals surface area (Å²) in [7, 11) is 0. The van der Waals surface area contributed by atoms with Crippen molar-refractivity contribution in [2.75, 3.05) is 0 Å². The van der Waals surface area contributed by atoms with E-state index in [2.05, 4.69) is 20.1 Å². The molecule has 2 aliphatic rings. The van der Waals surface area contributed by atoms with E-state index in [0.717, 1.165) is 16.8 Å². The van der Waals surface area contributed by atoms with Crippen molar-refractivity contribution >= 4 is 23.1 Å². The zero-order chi connectivity index (χ0) is 14.1. The molecular weight excluding hydrogens is 300 g/mol. The lowest BCUT2D eigenvalue weighted by molar-refractivity contribution is 0.442. The van der Waals surface area contributed by atoms with Gasteiger partial charge in [0.2, 0.25) is 0 Å². The number of aromatic nitrogens is 4. The van der Waals surface area contributed by atoms with E-state index < -0.39 is 0 Å². The van der Waals surface area contributed by atoms with Gasteiger partial charge >= 0.3 is 0 Å². The largest absolute Gasteiger partial charge is 0.306 e. The first-order chi connectivity index (χ1) is 10.4. The third-order valence-electron chi connectivity index (χ3n) is 4.35. The lowest BCUT2D eigenvalue weighted by Gasteiger charge is -2.18. The molecule has 21 heavy (non-hydrogen) atoms. The molecule has 4 nitrogen and oxygen atoms in total. The van der Waals surface area contributed by atoms with Crippen LogP contribution in [-0.4, -0.2) is 19.7 Å². The molecular formula is C15H20N4S2. The van der Waals surface area contributed by atoms with Gasteiger partial charge in [-0.2, -0.15) is 0 Å². The number of nitrogens with zero attached hydrogens (tertiary/aromatic N) is 4. The van der Waals surface area contributed by atoms with Crippen molar-refractivity contribution in [2.45, 2.75) is 67.8 Å². The molecule has 0 bridgehead atoms. The maximum Gasteiger partial charge on any atom is 0.191 e. The molecule has 0 spiro atoms. The average Bonchev–Trinajstić information content (AvgIpc) is 3.09. The van der Waals surface area contributed by atoms with Gasteiger partial charge in [-0.05, 0) is 25.7 Å². The number of thiazole rings is 1. The van der Waals surface area contributed by atoms with Gasteiger partial charge in [0.05, 0.1) is 10.7 Å². The van der Waals surface area contributed by atoms with Crippen molar-refractivity contribution < 1.29 is 0 Å². The van der Waals surface area contributed by atoms with Gasteiger partial charge in [0.1, 0.15) is 6.33 Å². The van der Waals surface area contributed by atoms with Gasteiger partial charge in [0.15, 0.2) is 5.16 Å². The van der Waals surface area contributed by atoms with E-state index in [1.807, 2.05) is 17.7 Å². The van der Waals surface area contributed by atoms with Crippen LogP contribution in [0.1, 0.15) is 67.6 Å². The van der Waals surface area contributed by atoms with Crippen LogP contribution in [-0.2, 0) is 5.75 Å². The molecule has 0 radical (unpaired) electrons. The van der Waals surface area contributed by atoms with Crippen molar-refractivity contribution in [3.05, 3.63) is 22.4 Å². The molecule has 0 aliphatic heterocycles. The first kappa shape index (κ1) is 13.8. The van der Waals surface area contributed by atoms with Gasteiger partial charge in [0.25, 0.3) is 0 Å². The minimum Gasteiger partial charge on any atom is -0.306 e. The lowest BCUT2D eigenvalue weighted by Crippen LogP contribution is -2.04. The monoisotopic (exact) mass is 320 g/mol. The van der Waals surface area contributed by atoms with Gasteiger partial charge in [-0.15, -0.1) is 21.5 Å². The molecule has 2 heterocycles. The molecule has 2 aromatic heterocycles. The van der Waals surface area contributed by atoms with Crippen LogP contribution in [0.15, 0.2) is 16.9 Å². The summed E-state index contributed by atoms with van der Waals surface area (Å²) in [5.74, 6) is 1.63. The Morgan fingerprint density at radius 2 is 2.05 bits per heavy atom. The fourth-order valence-electron chi connectivity index (χ4n) is 3.00. The summed E-state index contributed by atoms with van der Waals surface area (Å²) in [6, 6.07) is 0.649. The van der Waals surface area contributed by atoms with Crippen LogP contribution in [0.3, 0.4) is 0 Å². The second-order valence-corrected chi connectivity index (χ2v) is 7.88. The molecule has 2 fully saturated rings. The SMILES string of the molecule is c1sc(C2CCCCC2)nc1CSc1nncn1C1CC1. The highest BCUT2D eigenvalue weighted by Gasteiger charge is 2.26. The van der Waals surface area contributed by atoms with Crippen molar-refractivity contribution in [3.8, 4) is 0 Å². The average molecular weight is 320 g/mol. The summed E-state index contributed by atoms with van der Waals surface area (Å²) in [6.45, 7) is 0. The van der Waals surface area contributed by atoms with Crippen molar-refractivity contribution in [2.24, 2.45) is 0 Å². The Hall–Kier alpha value is -0.880. The highest BCUT2D eigenvalue weighted by Crippen LogP contribution is 2.38. The Kier molecular flexibility index (Phi) is 3.99. The van der Waals surface area contributed by atoms with E-state index in [-0.39, 0.29) is 0 Å². The van der Waals surface area contributed by atoms with Crippen LogP contribution < -0.4 is 0 Å². The van der Waals surface area contributed by atoms with E-state index in [4.69, 9.17) is 4.98 Å². The molecule has 0 atom stereocenters. The second kappa shape index (κ2) is 6.08. The maximum absolute atomic E-state index is 4.86. The first-order valence-corrected chi connectivity index (χ1v) is 9.73. The number of thioether (sulfide) groups is 1. The summed E-state index contributed by atoms with van der Waals surface area (Å²) in [5.41, 5.74) is 1.20.